The van der Waals surface area contributed by atoms with E-state index in [4.69, 9.17) is 5.11 Å². The van der Waals surface area contributed by atoms with Crippen molar-refractivity contribution in [3.05, 3.63) is 34.9 Å². The standard InChI is InChI=1S/C17H21NO3/c19-16(18-15-9-14(10-15)17(20)21)8-11-5-6-12-3-1-2-4-13(12)7-11/h5-7,14-15H,1-4,8-10H2,(H,18,19)(H,20,21). The lowest BCUT2D eigenvalue weighted by molar-refractivity contribution is -0.146. The molecule has 1 saturated carbocycles. The minimum absolute atomic E-state index is 0.000372. The second-order valence-corrected chi connectivity index (χ2v) is 6.26. The van der Waals surface area contributed by atoms with Crippen molar-refractivity contribution < 1.29 is 14.7 Å². The summed E-state index contributed by atoms with van der Waals surface area (Å²) < 4.78 is 0. The molecule has 2 aliphatic carbocycles. The molecule has 0 saturated heterocycles. The number of amides is 1. The summed E-state index contributed by atoms with van der Waals surface area (Å²) in [5.41, 5.74) is 3.87. The van der Waals surface area contributed by atoms with Crippen LogP contribution in [-0.4, -0.2) is 23.0 Å². The number of benzene rings is 1. The van der Waals surface area contributed by atoms with Crippen molar-refractivity contribution in [2.45, 2.75) is 51.0 Å². The molecule has 0 heterocycles. The van der Waals surface area contributed by atoms with Crippen LogP contribution in [-0.2, 0) is 28.9 Å². The molecule has 3 rings (SSSR count). The van der Waals surface area contributed by atoms with Crippen LogP contribution in [0.2, 0.25) is 0 Å². The molecule has 2 N–H and O–H groups in total. The van der Waals surface area contributed by atoms with Crippen LogP contribution in [0.3, 0.4) is 0 Å². The van der Waals surface area contributed by atoms with E-state index in [1.165, 1.54) is 24.0 Å². The molecule has 1 aromatic rings. The van der Waals surface area contributed by atoms with Gasteiger partial charge in [-0.2, -0.15) is 0 Å². The number of carboxylic acid groups (broad SMARTS) is 1. The molecule has 0 unspecified atom stereocenters. The summed E-state index contributed by atoms with van der Waals surface area (Å²) in [5, 5.41) is 11.7. The minimum Gasteiger partial charge on any atom is -0.481 e. The van der Waals surface area contributed by atoms with Gasteiger partial charge in [0.2, 0.25) is 5.91 Å². The van der Waals surface area contributed by atoms with Gasteiger partial charge in [0.25, 0.3) is 0 Å². The Morgan fingerprint density at radius 1 is 1.14 bits per heavy atom. The quantitative estimate of drug-likeness (QED) is 0.891. The van der Waals surface area contributed by atoms with Gasteiger partial charge in [-0.25, -0.2) is 0 Å². The van der Waals surface area contributed by atoms with Crippen molar-refractivity contribution in [1.29, 1.82) is 0 Å². The number of carbonyl (C=O) groups excluding carboxylic acids is 1. The van der Waals surface area contributed by atoms with Crippen molar-refractivity contribution in [2.24, 2.45) is 5.92 Å². The van der Waals surface area contributed by atoms with Gasteiger partial charge in [0.05, 0.1) is 12.3 Å². The van der Waals surface area contributed by atoms with Crippen LogP contribution in [0.15, 0.2) is 18.2 Å². The van der Waals surface area contributed by atoms with Crippen LogP contribution in [0.1, 0.15) is 42.4 Å². The van der Waals surface area contributed by atoms with Gasteiger partial charge in [-0.1, -0.05) is 18.2 Å². The van der Waals surface area contributed by atoms with Crippen LogP contribution in [0.25, 0.3) is 0 Å². The number of aryl methyl sites for hydroxylation is 2. The molecule has 4 nitrogen and oxygen atoms in total. The van der Waals surface area contributed by atoms with E-state index in [0.29, 0.717) is 19.3 Å². The average Bonchev–Trinajstić information content (AvgIpc) is 2.42. The summed E-state index contributed by atoms with van der Waals surface area (Å²) >= 11 is 0. The van der Waals surface area contributed by atoms with E-state index in [2.05, 4.69) is 17.4 Å². The van der Waals surface area contributed by atoms with Gasteiger partial charge < -0.3 is 10.4 Å². The van der Waals surface area contributed by atoms with Gasteiger partial charge in [0.15, 0.2) is 0 Å². The average molecular weight is 287 g/mol. The third-order valence-electron chi connectivity index (χ3n) is 4.63. The Morgan fingerprint density at radius 2 is 1.86 bits per heavy atom. The first-order valence-corrected chi connectivity index (χ1v) is 7.74. The minimum atomic E-state index is -0.754. The number of rotatable bonds is 4. The number of fused-ring (bicyclic) bond motifs is 1. The van der Waals surface area contributed by atoms with Crippen molar-refractivity contribution in [1.82, 2.24) is 5.32 Å². The molecule has 0 atom stereocenters. The predicted octanol–water partition coefficient (Wildman–Crippen LogP) is 2.09. The lowest BCUT2D eigenvalue weighted by Gasteiger charge is -2.32. The molecular weight excluding hydrogens is 266 g/mol. The van der Waals surface area contributed by atoms with Crippen molar-refractivity contribution in [3.8, 4) is 0 Å². The number of hydrogen-bond acceptors (Lipinski definition) is 2. The Balaban J connectivity index is 1.52. The molecular formula is C17H21NO3. The zero-order valence-electron chi connectivity index (χ0n) is 12.1. The summed E-state index contributed by atoms with van der Waals surface area (Å²) in [6.45, 7) is 0. The highest BCUT2D eigenvalue weighted by Crippen LogP contribution is 2.27. The van der Waals surface area contributed by atoms with Crippen LogP contribution >= 0.6 is 0 Å². The van der Waals surface area contributed by atoms with Gasteiger partial charge in [0.1, 0.15) is 0 Å². The second-order valence-electron chi connectivity index (χ2n) is 6.26. The van der Waals surface area contributed by atoms with Crippen LogP contribution in [0.5, 0.6) is 0 Å². The number of carboxylic acids is 1. The van der Waals surface area contributed by atoms with E-state index in [9.17, 15) is 9.59 Å². The third kappa shape index (κ3) is 3.26. The Morgan fingerprint density at radius 3 is 2.57 bits per heavy atom. The molecule has 0 radical (unpaired) electrons. The molecule has 0 spiro atoms. The molecule has 0 aromatic heterocycles. The number of nitrogens with one attached hydrogen (secondary N) is 1. The SMILES string of the molecule is O=C(Cc1ccc2c(c1)CCCC2)NC1CC(C(=O)O)C1. The van der Waals surface area contributed by atoms with Crippen LogP contribution in [0.4, 0.5) is 0 Å². The number of aliphatic carboxylic acids is 1. The van der Waals surface area contributed by atoms with E-state index in [-0.39, 0.29) is 17.9 Å². The summed E-state index contributed by atoms with van der Waals surface area (Å²) in [5.74, 6) is -1.03. The van der Waals surface area contributed by atoms with Gasteiger partial charge >= 0.3 is 5.97 Å². The van der Waals surface area contributed by atoms with Gasteiger partial charge in [-0.3, -0.25) is 9.59 Å². The molecule has 4 heteroatoms. The Hall–Kier alpha value is -1.84. The maximum atomic E-state index is 12.0. The topological polar surface area (TPSA) is 66.4 Å². The number of carbonyl (C=O) groups is 2. The van der Waals surface area contributed by atoms with E-state index in [0.717, 1.165) is 18.4 Å². The van der Waals surface area contributed by atoms with Crippen LogP contribution < -0.4 is 5.32 Å². The molecule has 0 aliphatic heterocycles. The predicted molar refractivity (Wildman–Crippen MR) is 79.1 cm³/mol. The fourth-order valence-electron chi connectivity index (χ4n) is 3.30. The first-order valence-electron chi connectivity index (χ1n) is 7.74. The first kappa shape index (κ1) is 14.1. The highest BCUT2D eigenvalue weighted by molar-refractivity contribution is 5.79. The number of hydrogen-bond donors (Lipinski definition) is 2. The van der Waals surface area contributed by atoms with E-state index in [1.807, 2.05) is 6.07 Å². The van der Waals surface area contributed by atoms with Gasteiger partial charge in [-0.05, 0) is 55.2 Å². The Labute approximate surface area is 124 Å². The summed E-state index contributed by atoms with van der Waals surface area (Å²) in [7, 11) is 0. The van der Waals surface area contributed by atoms with Crippen molar-refractivity contribution >= 4 is 11.9 Å². The normalized spacial score (nSPS) is 23.8. The monoisotopic (exact) mass is 287 g/mol. The summed E-state index contributed by atoms with van der Waals surface area (Å²) in [6, 6.07) is 6.40. The van der Waals surface area contributed by atoms with Crippen molar-refractivity contribution in [3.63, 3.8) is 0 Å². The van der Waals surface area contributed by atoms with Crippen molar-refractivity contribution in [2.75, 3.05) is 0 Å². The highest BCUT2D eigenvalue weighted by Gasteiger charge is 2.35. The molecule has 1 fully saturated rings. The molecule has 0 bridgehead atoms. The van der Waals surface area contributed by atoms with Crippen LogP contribution in [0, 0.1) is 5.92 Å². The zero-order chi connectivity index (χ0) is 14.8. The van der Waals surface area contributed by atoms with Gasteiger partial charge in [0, 0.05) is 6.04 Å². The largest absolute Gasteiger partial charge is 0.481 e. The van der Waals surface area contributed by atoms with Gasteiger partial charge in [-0.15, -0.1) is 0 Å². The fourth-order valence-corrected chi connectivity index (χ4v) is 3.30. The molecule has 1 aromatic carbocycles. The lowest BCUT2D eigenvalue weighted by atomic mass is 9.80. The van der Waals surface area contributed by atoms with E-state index >= 15 is 0 Å². The smallest absolute Gasteiger partial charge is 0.306 e. The Kier molecular flexibility index (Phi) is 3.95. The lowest BCUT2D eigenvalue weighted by Crippen LogP contribution is -2.47. The maximum Gasteiger partial charge on any atom is 0.306 e. The summed E-state index contributed by atoms with van der Waals surface area (Å²) in [6.07, 6.45) is 6.28. The fraction of sp³-hybridized carbons (Fsp3) is 0.529. The Bertz CT molecular complexity index is 561. The summed E-state index contributed by atoms with van der Waals surface area (Å²) in [4.78, 5) is 22.7. The second kappa shape index (κ2) is 5.88. The van der Waals surface area contributed by atoms with E-state index in [1.54, 1.807) is 0 Å². The molecule has 1 amide bonds. The molecule has 21 heavy (non-hydrogen) atoms. The molecule has 2 aliphatic rings. The zero-order valence-corrected chi connectivity index (χ0v) is 12.1. The third-order valence-corrected chi connectivity index (χ3v) is 4.63. The first-order chi connectivity index (χ1) is 10.1. The van der Waals surface area contributed by atoms with E-state index < -0.39 is 5.97 Å². The maximum absolute atomic E-state index is 12.0. The molecule has 112 valence electrons. The highest BCUT2D eigenvalue weighted by atomic mass is 16.4.